The summed E-state index contributed by atoms with van der Waals surface area (Å²) in [7, 11) is 3.86. The molecule has 0 bridgehead atoms. The zero-order chi connectivity index (χ0) is 17.5. The van der Waals surface area contributed by atoms with Crippen LogP contribution in [-0.2, 0) is 14.2 Å². The molecule has 2 rings (SSSR count). The molecule has 0 aromatic carbocycles. The summed E-state index contributed by atoms with van der Waals surface area (Å²) in [6.45, 7) is 0.919. The fraction of sp³-hybridized carbons (Fsp3) is 0.643. The van der Waals surface area contributed by atoms with Crippen LogP contribution in [0.2, 0.25) is 0 Å². The van der Waals surface area contributed by atoms with Gasteiger partial charge in [-0.15, -0.1) is 0 Å². The summed E-state index contributed by atoms with van der Waals surface area (Å²) >= 11 is 0. The highest BCUT2D eigenvalue weighted by atomic mass is 16.7. The third-order valence-corrected chi connectivity index (χ3v) is 3.24. The van der Waals surface area contributed by atoms with Crippen LogP contribution < -0.4 is 11.0 Å². The number of amides is 1. The lowest BCUT2D eigenvalue weighted by Gasteiger charge is -2.13. The Bertz CT molecular complexity index is 605. The predicted molar refractivity (Wildman–Crippen MR) is 83.6 cm³/mol. The summed E-state index contributed by atoms with van der Waals surface area (Å²) in [6, 6.07) is 1.46. The number of hydrogen-bond donors (Lipinski definition) is 2. The monoisotopic (exact) mass is 342 g/mol. The zero-order valence-electron chi connectivity index (χ0n) is 13.7. The van der Waals surface area contributed by atoms with Gasteiger partial charge in [0.2, 0.25) is 0 Å². The molecule has 0 aliphatic carbocycles. The lowest BCUT2D eigenvalue weighted by molar-refractivity contribution is -0.0992. The Hall–Kier alpha value is -2.01. The molecule has 1 fully saturated rings. The van der Waals surface area contributed by atoms with Crippen molar-refractivity contribution in [1.82, 2.24) is 14.5 Å². The average Bonchev–Trinajstić information content (AvgIpc) is 3.00. The van der Waals surface area contributed by atoms with E-state index in [2.05, 4.69) is 10.3 Å². The first-order valence-electron chi connectivity index (χ1n) is 7.55. The van der Waals surface area contributed by atoms with Gasteiger partial charge >= 0.3 is 11.8 Å². The number of ether oxygens (including phenoxy) is 3. The third kappa shape index (κ3) is 5.27. The summed E-state index contributed by atoms with van der Waals surface area (Å²) < 4.78 is 16.7. The fourth-order valence-corrected chi connectivity index (χ4v) is 2.07. The van der Waals surface area contributed by atoms with Gasteiger partial charge in [-0.3, -0.25) is 9.88 Å². The van der Waals surface area contributed by atoms with Crippen molar-refractivity contribution in [2.24, 2.45) is 0 Å². The molecule has 0 saturated carbocycles. The van der Waals surface area contributed by atoms with Crippen LogP contribution in [0.3, 0.4) is 0 Å². The maximum absolute atomic E-state index is 12.0. The van der Waals surface area contributed by atoms with Crippen LogP contribution in [0.15, 0.2) is 17.1 Å². The van der Waals surface area contributed by atoms with Crippen LogP contribution in [0.5, 0.6) is 0 Å². The molecule has 24 heavy (non-hydrogen) atoms. The molecule has 2 atom stereocenters. The molecule has 2 heterocycles. The standard InChI is InChI=1S/C14H22N4O6/c1-17(2)5-3-7-22-14(21)16-10-4-6-18(13(20)15-10)11-9-23-12(8-19)24-11/h4,6,11-12,19H,3,5,7-9H2,1-2H3,(H,15,16,20,21). The van der Waals surface area contributed by atoms with Gasteiger partial charge < -0.3 is 24.2 Å². The molecular formula is C14H22N4O6. The van der Waals surface area contributed by atoms with Crippen molar-refractivity contribution in [2.45, 2.75) is 18.9 Å². The number of aliphatic hydroxyl groups excluding tert-OH is 1. The average molecular weight is 342 g/mol. The van der Waals surface area contributed by atoms with E-state index < -0.39 is 24.3 Å². The van der Waals surface area contributed by atoms with Gasteiger partial charge in [0.1, 0.15) is 5.82 Å². The second-order valence-corrected chi connectivity index (χ2v) is 5.46. The van der Waals surface area contributed by atoms with Crippen LogP contribution in [0, 0.1) is 0 Å². The molecule has 1 amide bonds. The first-order valence-corrected chi connectivity index (χ1v) is 7.55. The van der Waals surface area contributed by atoms with Gasteiger partial charge in [0.25, 0.3) is 0 Å². The molecule has 0 spiro atoms. The van der Waals surface area contributed by atoms with Crippen molar-refractivity contribution in [3.05, 3.63) is 22.7 Å². The number of aliphatic hydroxyl groups is 1. The summed E-state index contributed by atoms with van der Waals surface area (Å²) in [5.74, 6) is 0.0893. The third-order valence-electron chi connectivity index (χ3n) is 3.24. The lowest BCUT2D eigenvalue weighted by atomic mass is 10.4. The van der Waals surface area contributed by atoms with E-state index in [9.17, 15) is 9.59 Å². The van der Waals surface area contributed by atoms with Crippen LogP contribution >= 0.6 is 0 Å². The Morgan fingerprint density at radius 2 is 2.38 bits per heavy atom. The number of carbonyl (C=O) groups excluding carboxylic acids is 1. The molecule has 2 N–H and O–H groups in total. The molecule has 10 nitrogen and oxygen atoms in total. The molecule has 1 saturated heterocycles. The van der Waals surface area contributed by atoms with Crippen molar-refractivity contribution in [1.29, 1.82) is 0 Å². The first kappa shape index (κ1) is 18.3. The second kappa shape index (κ2) is 8.73. The fourth-order valence-electron chi connectivity index (χ4n) is 2.07. The second-order valence-electron chi connectivity index (χ2n) is 5.46. The molecule has 10 heteroatoms. The van der Waals surface area contributed by atoms with E-state index in [-0.39, 0.29) is 25.6 Å². The normalized spacial score (nSPS) is 20.3. The van der Waals surface area contributed by atoms with Gasteiger partial charge in [-0.25, -0.2) is 9.59 Å². The number of carbonyl (C=O) groups is 1. The molecule has 1 aromatic heterocycles. The predicted octanol–water partition coefficient (Wildman–Crippen LogP) is -0.393. The molecular weight excluding hydrogens is 320 g/mol. The van der Waals surface area contributed by atoms with E-state index in [1.54, 1.807) is 0 Å². The largest absolute Gasteiger partial charge is 0.449 e. The Labute approximate surface area is 138 Å². The summed E-state index contributed by atoms with van der Waals surface area (Å²) in [4.78, 5) is 29.4. The SMILES string of the molecule is CN(C)CCCOC(=O)Nc1ccn(C2COC(CO)O2)c(=O)n1. The molecule has 1 aromatic rings. The van der Waals surface area contributed by atoms with Gasteiger partial charge in [-0.1, -0.05) is 0 Å². The number of nitrogens with zero attached hydrogens (tertiary/aromatic N) is 3. The summed E-state index contributed by atoms with van der Waals surface area (Å²) in [6.07, 6.45) is 0.0656. The van der Waals surface area contributed by atoms with Gasteiger partial charge in [0.05, 0.1) is 19.8 Å². The number of anilines is 1. The quantitative estimate of drug-likeness (QED) is 0.644. The Balaban J connectivity index is 1.86. The first-order chi connectivity index (χ1) is 11.5. The van der Waals surface area contributed by atoms with E-state index in [1.165, 1.54) is 16.8 Å². The minimum atomic E-state index is -0.753. The molecule has 0 radical (unpaired) electrons. The number of aromatic nitrogens is 2. The lowest BCUT2D eigenvalue weighted by Crippen LogP contribution is -2.29. The van der Waals surface area contributed by atoms with Gasteiger partial charge in [0.15, 0.2) is 12.5 Å². The highest BCUT2D eigenvalue weighted by molar-refractivity contribution is 5.83. The van der Waals surface area contributed by atoms with Crippen molar-refractivity contribution in [3.63, 3.8) is 0 Å². The van der Waals surface area contributed by atoms with Gasteiger partial charge in [0, 0.05) is 12.7 Å². The van der Waals surface area contributed by atoms with Gasteiger partial charge in [-0.2, -0.15) is 4.98 Å². The van der Waals surface area contributed by atoms with Crippen molar-refractivity contribution in [2.75, 3.05) is 45.8 Å². The topological polar surface area (TPSA) is 115 Å². The van der Waals surface area contributed by atoms with Crippen molar-refractivity contribution in [3.8, 4) is 0 Å². The van der Waals surface area contributed by atoms with Crippen molar-refractivity contribution < 1.29 is 24.1 Å². The molecule has 1 aliphatic heterocycles. The van der Waals surface area contributed by atoms with Crippen molar-refractivity contribution >= 4 is 11.9 Å². The zero-order valence-corrected chi connectivity index (χ0v) is 13.7. The maximum atomic E-state index is 12.0. The van der Waals surface area contributed by atoms with Crippen LogP contribution in [0.4, 0.5) is 10.6 Å². The van der Waals surface area contributed by atoms with E-state index >= 15 is 0 Å². The van der Waals surface area contributed by atoms with Crippen LogP contribution in [-0.4, -0.2) is 72.4 Å². The van der Waals surface area contributed by atoms with E-state index in [0.717, 1.165) is 6.54 Å². The number of rotatable bonds is 7. The highest BCUT2D eigenvalue weighted by Gasteiger charge is 2.27. The van der Waals surface area contributed by atoms with Crippen LogP contribution in [0.1, 0.15) is 12.6 Å². The minimum absolute atomic E-state index is 0.0893. The minimum Gasteiger partial charge on any atom is -0.449 e. The van der Waals surface area contributed by atoms with E-state index in [4.69, 9.17) is 19.3 Å². The summed E-state index contributed by atoms with van der Waals surface area (Å²) in [5, 5.41) is 11.3. The Kier molecular flexibility index (Phi) is 6.67. The van der Waals surface area contributed by atoms with E-state index in [1.807, 2.05) is 19.0 Å². The van der Waals surface area contributed by atoms with Gasteiger partial charge in [-0.05, 0) is 26.6 Å². The van der Waals surface area contributed by atoms with E-state index in [0.29, 0.717) is 6.42 Å². The highest BCUT2D eigenvalue weighted by Crippen LogP contribution is 2.19. The smallest absolute Gasteiger partial charge is 0.412 e. The van der Waals surface area contributed by atoms with Crippen LogP contribution in [0.25, 0.3) is 0 Å². The number of nitrogens with one attached hydrogen (secondary N) is 1. The number of hydrogen-bond acceptors (Lipinski definition) is 8. The molecule has 2 unspecified atom stereocenters. The maximum Gasteiger partial charge on any atom is 0.412 e. The summed E-state index contributed by atoms with van der Waals surface area (Å²) in [5.41, 5.74) is -0.604. The Morgan fingerprint density at radius 1 is 1.58 bits per heavy atom. The molecule has 134 valence electrons. The molecule has 1 aliphatic rings. The Morgan fingerprint density at radius 3 is 3.00 bits per heavy atom.